The quantitative estimate of drug-likeness (QED) is 0.432. The highest BCUT2D eigenvalue weighted by molar-refractivity contribution is 7.17. The van der Waals surface area contributed by atoms with Gasteiger partial charge in [0.1, 0.15) is 0 Å². The van der Waals surface area contributed by atoms with Crippen molar-refractivity contribution < 1.29 is 14.4 Å². The topological polar surface area (TPSA) is 47.9 Å². The van der Waals surface area contributed by atoms with Gasteiger partial charge in [-0.25, -0.2) is 4.79 Å². The summed E-state index contributed by atoms with van der Waals surface area (Å²) >= 11 is 1.65. The van der Waals surface area contributed by atoms with Crippen LogP contribution in [0.1, 0.15) is 31.2 Å². The van der Waals surface area contributed by atoms with Crippen molar-refractivity contribution in [2.75, 3.05) is 13.2 Å². The van der Waals surface area contributed by atoms with Gasteiger partial charge >= 0.3 is 5.97 Å². The maximum absolute atomic E-state index is 11.2. The number of hydrogen-bond acceptors (Lipinski definition) is 5. The summed E-state index contributed by atoms with van der Waals surface area (Å²) in [4.78, 5) is 18.4. The number of aryl methyl sites for hydroxylation is 1. The summed E-state index contributed by atoms with van der Waals surface area (Å²) < 4.78 is 4.78. The third kappa shape index (κ3) is 4.93. The second kappa shape index (κ2) is 8.48. The van der Waals surface area contributed by atoms with Crippen LogP contribution in [-0.2, 0) is 20.8 Å². The van der Waals surface area contributed by atoms with Crippen LogP contribution >= 0.6 is 11.3 Å². The number of oxime groups is 1. The molecule has 1 heterocycles. The summed E-state index contributed by atoms with van der Waals surface area (Å²) in [7, 11) is 0. The molecular formula is C18H21NO3S. The van der Waals surface area contributed by atoms with Crippen LogP contribution in [0.4, 0.5) is 0 Å². The van der Waals surface area contributed by atoms with E-state index in [9.17, 15) is 4.79 Å². The number of ether oxygens (including phenoxy) is 1. The molecule has 0 fully saturated rings. The molecule has 0 atom stereocenters. The molecule has 0 saturated heterocycles. The zero-order valence-corrected chi connectivity index (χ0v) is 14.5. The highest BCUT2D eigenvalue weighted by atomic mass is 32.1. The molecule has 0 bridgehead atoms. The summed E-state index contributed by atoms with van der Waals surface area (Å²) in [6, 6.07) is 12.7. The van der Waals surface area contributed by atoms with Crippen molar-refractivity contribution >= 4 is 23.0 Å². The van der Waals surface area contributed by atoms with Crippen LogP contribution in [0.2, 0.25) is 0 Å². The maximum atomic E-state index is 11.2. The lowest BCUT2D eigenvalue weighted by Crippen LogP contribution is -2.10. The Kier molecular flexibility index (Phi) is 6.35. The summed E-state index contributed by atoms with van der Waals surface area (Å²) in [5, 5.41) is 3.98. The van der Waals surface area contributed by atoms with Crippen molar-refractivity contribution in [1.82, 2.24) is 0 Å². The van der Waals surface area contributed by atoms with E-state index in [1.165, 1.54) is 16.0 Å². The first-order valence-electron chi connectivity index (χ1n) is 7.65. The Hall–Kier alpha value is -2.14. The Bertz CT molecular complexity index is 674. The lowest BCUT2D eigenvalue weighted by Gasteiger charge is -2.01. The summed E-state index contributed by atoms with van der Waals surface area (Å²) in [6.45, 7) is 5.94. The van der Waals surface area contributed by atoms with Gasteiger partial charge in [-0.1, -0.05) is 36.3 Å². The smallest absolute Gasteiger partial charge is 0.347 e. The lowest BCUT2D eigenvalue weighted by atomic mass is 10.1. The second-order valence-electron chi connectivity index (χ2n) is 4.97. The largest absolute Gasteiger partial charge is 0.463 e. The number of nitrogens with zero attached hydrogens (tertiary/aromatic N) is 1. The number of hydrogen-bond donors (Lipinski definition) is 0. The Labute approximate surface area is 140 Å². The van der Waals surface area contributed by atoms with Crippen LogP contribution in [0.25, 0.3) is 10.4 Å². The lowest BCUT2D eigenvalue weighted by molar-refractivity contribution is -0.148. The summed E-state index contributed by atoms with van der Waals surface area (Å²) in [6.07, 6.45) is 1.04. The average molecular weight is 331 g/mol. The molecular weight excluding hydrogens is 310 g/mol. The van der Waals surface area contributed by atoms with E-state index in [4.69, 9.17) is 9.57 Å². The molecule has 0 unspecified atom stereocenters. The zero-order chi connectivity index (χ0) is 16.7. The SMILES string of the molecule is CCOC(=O)CO/N=C(/C)c1ccc(-c2ccc(CC)cc2)s1. The van der Waals surface area contributed by atoms with Crippen molar-refractivity contribution in [3.63, 3.8) is 0 Å². The van der Waals surface area contributed by atoms with Gasteiger partial charge in [0.2, 0.25) is 6.61 Å². The molecule has 0 aliphatic heterocycles. The first-order chi connectivity index (χ1) is 11.1. The third-order valence-corrected chi connectivity index (χ3v) is 4.54. The Morgan fingerprint density at radius 1 is 1.13 bits per heavy atom. The van der Waals surface area contributed by atoms with E-state index in [2.05, 4.69) is 42.4 Å². The molecule has 0 amide bonds. The molecule has 0 spiro atoms. The van der Waals surface area contributed by atoms with Gasteiger partial charge in [0, 0.05) is 4.88 Å². The van der Waals surface area contributed by atoms with Gasteiger partial charge in [0.05, 0.1) is 17.2 Å². The molecule has 2 aromatic rings. The number of carbonyl (C=O) groups is 1. The van der Waals surface area contributed by atoms with Crippen molar-refractivity contribution in [2.24, 2.45) is 5.16 Å². The van der Waals surface area contributed by atoms with Crippen LogP contribution in [0.3, 0.4) is 0 Å². The Morgan fingerprint density at radius 3 is 2.52 bits per heavy atom. The van der Waals surface area contributed by atoms with Crippen LogP contribution < -0.4 is 0 Å². The Morgan fingerprint density at radius 2 is 1.87 bits per heavy atom. The minimum atomic E-state index is -0.410. The molecule has 1 aromatic heterocycles. The molecule has 0 N–H and O–H groups in total. The van der Waals surface area contributed by atoms with Crippen molar-refractivity contribution in [3.05, 3.63) is 46.8 Å². The summed E-state index contributed by atoms with van der Waals surface area (Å²) in [5.74, 6) is -0.410. The van der Waals surface area contributed by atoms with E-state index < -0.39 is 5.97 Å². The van der Waals surface area contributed by atoms with Crippen LogP contribution in [0.15, 0.2) is 41.6 Å². The van der Waals surface area contributed by atoms with Crippen LogP contribution in [0.5, 0.6) is 0 Å². The Balaban J connectivity index is 2.01. The molecule has 1 aromatic carbocycles. The van der Waals surface area contributed by atoms with Crippen molar-refractivity contribution in [3.8, 4) is 10.4 Å². The van der Waals surface area contributed by atoms with Gasteiger partial charge < -0.3 is 9.57 Å². The van der Waals surface area contributed by atoms with Gasteiger partial charge in [0.15, 0.2) is 0 Å². The van der Waals surface area contributed by atoms with Crippen molar-refractivity contribution in [1.29, 1.82) is 0 Å². The first-order valence-corrected chi connectivity index (χ1v) is 8.47. The van der Waals surface area contributed by atoms with E-state index in [0.29, 0.717) is 6.61 Å². The van der Waals surface area contributed by atoms with Gasteiger partial charge in [-0.15, -0.1) is 11.3 Å². The number of carbonyl (C=O) groups excluding carboxylic acids is 1. The molecule has 0 radical (unpaired) electrons. The second-order valence-corrected chi connectivity index (χ2v) is 6.05. The minimum Gasteiger partial charge on any atom is -0.463 e. The molecule has 23 heavy (non-hydrogen) atoms. The van der Waals surface area contributed by atoms with Gasteiger partial charge in [-0.2, -0.15) is 0 Å². The number of benzene rings is 1. The highest BCUT2D eigenvalue weighted by Crippen LogP contribution is 2.28. The fourth-order valence-electron chi connectivity index (χ4n) is 2.02. The molecule has 0 aliphatic carbocycles. The average Bonchev–Trinajstić information content (AvgIpc) is 3.05. The normalized spacial score (nSPS) is 11.3. The zero-order valence-electron chi connectivity index (χ0n) is 13.7. The molecule has 5 heteroatoms. The molecule has 0 aliphatic rings. The van der Waals surface area contributed by atoms with Crippen LogP contribution in [-0.4, -0.2) is 24.9 Å². The highest BCUT2D eigenvalue weighted by Gasteiger charge is 2.07. The maximum Gasteiger partial charge on any atom is 0.347 e. The van der Waals surface area contributed by atoms with Gasteiger partial charge in [-0.05, 0) is 43.5 Å². The van der Waals surface area contributed by atoms with E-state index in [0.717, 1.165) is 17.0 Å². The first kappa shape index (κ1) is 17.2. The monoisotopic (exact) mass is 331 g/mol. The minimum absolute atomic E-state index is 0.165. The third-order valence-electron chi connectivity index (χ3n) is 3.30. The van der Waals surface area contributed by atoms with E-state index in [1.54, 1.807) is 18.3 Å². The fourth-order valence-corrected chi connectivity index (χ4v) is 2.97. The fraction of sp³-hybridized carbons (Fsp3) is 0.333. The number of rotatable bonds is 7. The predicted molar refractivity (Wildman–Crippen MR) is 93.9 cm³/mol. The van der Waals surface area contributed by atoms with Gasteiger partial charge in [-0.3, -0.25) is 0 Å². The van der Waals surface area contributed by atoms with Gasteiger partial charge in [0.25, 0.3) is 0 Å². The molecule has 122 valence electrons. The molecule has 4 nitrogen and oxygen atoms in total. The van der Waals surface area contributed by atoms with E-state index >= 15 is 0 Å². The summed E-state index contributed by atoms with van der Waals surface area (Å²) in [5.41, 5.74) is 3.27. The molecule has 0 saturated carbocycles. The molecule has 2 rings (SSSR count). The van der Waals surface area contributed by atoms with E-state index in [-0.39, 0.29) is 6.61 Å². The van der Waals surface area contributed by atoms with E-state index in [1.807, 2.05) is 13.0 Å². The predicted octanol–water partition coefficient (Wildman–Crippen LogP) is 4.28. The number of thiophene rings is 1. The number of esters is 1. The van der Waals surface area contributed by atoms with Crippen molar-refractivity contribution in [2.45, 2.75) is 27.2 Å². The van der Waals surface area contributed by atoms with Crippen LogP contribution in [0, 0.1) is 0 Å². The standard InChI is InChI=1S/C18H21NO3S/c1-4-14-6-8-15(9-7-14)17-11-10-16(23-17)13(3)19-22-12-18(20)21-5-2/h6-11H,4-5,12H2,1-3H3/b19-13-.